The molecule has 1 aromatic heterocycles. The molecule has 4 N–H and O–H groups in total. The van der Waals surface area contributed by atoms with E-state index in [2.05, 4.69) is 43.3 Å². The number of thiazole rings is 1. The molecule has 0 fully saturated rings. The van der Waals surface area contributed by atoms with Gasteiger partial charge >= 0.3 is 0 Å². The van der Waals surface area contributed by atoms with Gasteiger partial charge in [0.1, 0.15) is 10.7 Å². The number of aromatic nitrogens is 1. The fraction of sp³-hybridized carbons (Fsp3) is 0.733. The molecule has 1 atom stereocenters. The number of nitrogens with zero attached hydrogens (tertiary/aromatic N) is 1. The molecule has 1 rings (SSSR count). The predicted molar refractivity (Wildman–Crippen MR) is 90.9 cm³/mol. The van der Waals surface area contributed by atoms with Gasteiger partial charge in [0, 0.05) is 12.6 Å². The van der Waals surface area contributed by atoms with Crippen LogP contribution in [0.2, 0.25) is 0 Å². The molecule has 0 radical (unpaired) electrons. The van der Waals surface area contributed by atoms with Crippen molar-refractivity contribution in [1.82, 2.24) is 10.3 Å². The lowest BCUT2D eigenvalue weighted by Crippen LogP contribution is -2.37. The van der Waals surface area contributed by atoms with Crippen molar-refractivity contribution in [3.05, 3.63) is 4.88 Å². The number of hydrogen-bond donors (Lipinski definition) is 3. The minimum absolute atomic E-state index is 0.123. The first-order valence-corrected chi connectivity index (χ1v) is 8.51. The summed E-state index contributed by atoms with van der Waals surface area (Å²) in [6.07, 6.45) is 2.11. The number of nitrogens with one attached hydrogen (secondary N) is 2. The van der Waals surface area contributed by atoms with E-state index in [4.69, 9.17) is 5.73 Å². The van der Waals surface area contributed by atoms with Crippen LogP contribution in [0.1, 0.15) is 57.1 Å². The van der Waals surface area contributed by atoms with Crippen LogP contribution in [0, 0.1) is 11.8 Å². The number of carbonyl (C=O) groups is 1. The summed E-state index contributed by atoms with van der Waals surface area (Å²) in [6.45, 7) is 11.4. The first-order chi connectivity index (χ1) is 9.88. The Balaban J connectivity index is 2.69. The van der Waals surface area contributed by atoms with E-state index in [1.54, 1.807) is 0 Å². The topological polar surface area (TPSA) is 80.0 Å². The fourth-order valence-corrected chi connectivity index (χ4v) is 3.04. The van der Waals surface area contributed by atoms with Crippen molar-refractivity contribution in [1.29, 1.82) is 0 Å². The van der Waals surface area contributed by atoms with Crippen LogP contribution in [-0.2, 0) is 0 Å². The van der Waals surface area contributed by atoms with Crippen LogP contribution in [0.3, 0.4) is 0 Å². The lowest BCUT2D eigenvalue weighted by molar-refractivity contribution is 0.0930. The van der Waals surface area contributed by atoms with E-state index in [1.165, 1.54) is 11.3 Å². The average Bonchev–Trinajstić information content (AvgIpc) is 2.79. The average molecular weight is 312 g/mol. The Bertz CT molecular complexity index is 455. The number of amides is 1. The molecule has 0 spiro atoms. The lowest BCUT2D eigenvalue weighted by Gasteiger charge is -2.22. The third kappa shape index (κ3) is 5.19. The van der Waals surface area contributed by atoms with Crippen molar-refractivity contribution >= 4 is 28.2 Å². The maximum Gasteiger partial charge on any atom is 0.265 e. The quantitative estimate of drug-likeness (QED) is 0.687. The monoisotopic (exact) mass is 312 g/mol. The summed E-state index contributed by atoms with van der Waals surface area (Å²) in [4.78, 5) is 17.0. The summed E-state index contributed by atoms with van der Waals surface area (Å²) in [7, 11) is 0. The van der Waals surface area contributed by atoms with Crippen molar-refractivity contribution in [2.45, 2.75) is 53.5 Å². The molecule has 21 heavy (non-hydrogen) atoms. The van der Waals surface area contributed by atoms with Crippen molar-refractivity contribution in [2.75, 3.05) is 17.6 Å². The zero-order chi connectivity index (χ0) is 16.0. The number of hydrogen-bond acceptors (Lipinski definition) is 5. The van der Waals surface area contributed by atoms with E-state index in [1.807, 2.05) is 6.92 Å². The van der Waals surface area contributed by atoms with Crippen LogP contribution in [0.4, 0.5) is 10.9 Å². The summed E-state index contributed by atoms with van der Waals surface area (Å²) in [5.41, 5.74) is 5.86. The van der Waals surface area contributed by atoms with Gasteiger partial charge < -0.3 is 16.4 Å². The molecule has 0 aromatic carbocycles. The van der Waals surface area contributed by atoms with Gasteiger partial charge in [-0.1, -0.05) is 51.9 Å². The molecule has 0 bridgehead atoms. The number of anilines is 2. The third-order valence-electron chi connectivity index (χ3n) is 3.64. The maximum absolute atomic E-state index is 12.3. The van der Waals surface area contributed by atoms with Gasteiger partial charge in [-0.15, -0.1) is 0 Å². The second-order valence-electron chi connectivity index (χ2n) is 5.85. The van der Waals surface area contributed by atoms with Crippen LogP contribution in [-0.4, -0.2) is 23.5 Å². The largest absolute Gasteiger partial charge is 0.382 e. The van der Waals surface area contributed by atoms with Gasteiger partial charge in [0.15, 0.2) is 5.13 Å². The Hall–Kier alpha value is -1.30. The smallest absolute Gasteiger partial charge is 0.265 e. The van der Waals surface area contributed by atoms with Gasteiger partial charge in [-0.05, 0) is 18.8 Å². The fourth-order valence-electron chi connectivity index (χ4n) is 2.25. The van der Waals surface area contributed by atoms with E-state index in [0.29, 0.717) is 27.7 Å². The van der Waals surface area contributed by atoms with Crippen LogP contribution in [0.5, 0.6) is 0 Å². The van der Waals surface area contributed by atoms with Crippen LogP contribution in [0.15, 0.2) is 0 Å². The standard InChI is InChI=1S/C15H28N4OS/c1-6-11(7-2)10(5)18-14(20)12-13(16)19-15(21-12)17-8-9(3)4/h9-11H,6-8,16H2,1-5H3,(H,17,19)(H,18,20). The Labute approximate surface area is 131 Å². The molecule has 0 saturated heterocycles. The van der Waals surface area contributed by atoms with E-state index >= 15 is 0 Å². The van der Waals surface area contributed by atoms with Gasteiger partial charge in [0.25, 0.3) is 5.91 Å². The number of carbonyl (C=O) groups excluding carboxylic acids is 1. The molecule has 0 saturated carbocycles. The van der Waals surface area contributed by atoms with Crippen LogP contribution < -0.4 is 16.4 Å². The minimum Gasteiger partial charge on any atom is -0.382 e. The van der Waals surface area contributed by atoms with Crippen LogP contribution in [0.25, 0.3) is 0 Å². The molecule has 6 heteroatoms. The highest BCUT2D eigenvalue weighted by Gasteiger charge is 2.21. The molecule has 120 valence electrons. The van der Waals surface area contributed by atoms with Gasteiger partial charge in [-0.3, -0.25) is 4.79 Å². The zero-order valence-corrected chi connectivity index (χ0v) is 14.5. The Morgan fingerprint density at radius 2 is 1.90 bits per heavy atom. The first kappa shape index (κ1) is 17.8. The number of rotatable bonds is 8. The molecule has 1 amide bonds. The van der Waals surface area contributed by atoms with E-state index < -0.39 is 0 Å². The van der Waals surface area contributed by atoms with E-state index in [-0.39, 0.29) is 11.9 Å². The van der Waals surface area contributed by atoms with E-state index in [9.17, 15) is 4.79 Å². The predicted octanol–water partition coefficient (Wildman–Crippen LogP) is 3.35. The van der Waals surface area contributed by atoms with Gasteiger partial charge in [0.05, 0.1) is 0 Å². The Kier molecular flexibility index (Phi) is 6.95. The Morgan fingerprint density at radius 3 is 2.43 bits per heavy atom. The second-order valence-corrected chi connectivity index (χ2v) is 6.85. The summed E-state index contributed by atoms with van der Waals surface area (Å²) in [5, 5.41) is 6.96. The van der Waals surface area contributed by atoms with Gasteiger partial charge in [-0.2, -0.15) is 0 Å². The maximum atomic E-state index is 12.3. The molecular weight excluding hydrogens is 284 g/mol. The zero-order valence-electron chi connectivity index (χ0n) is 13.7. The molecular formula is C15H28N4OS. The van der Waals surface area contributed by atoms with Crippen molar-refractivity contribution < 1.29 is 4.79 Å². The summed E-state index contributed by atoms with van der Waals surface area (Å²) in [5.74, 6) is 1.19. The number of nitrogen functional groups attached to an aromatic ring is 1. The SMILES string of the molecule is CCC(CC)C(C)NC(=O)c1sc(NCC(C)C)nc1N. The molecule has 1 aromatic rings. The molecule has 1 unspecified atom stereocenters. The summed E-state index contributed by atoms with van der Waals surface area (Å²) < 4.78 is 0. The van der Waals surface area contributed by atoms with Crippen molar-refractivity contribution in [2.24, 2.45) is 11.8 Å². The lowest BCUT2D eigenvalue weighted by atomic mass is 9.95. The molecule has 0 aliphatic carbocycles. The summed E-state index contributed by atoms with van der Waals surface area (Å²) >= 11 is 1.32. The Morgan fingerprint density at radius 1 is 1.29 bits per heavy atom. The second kappa shape index (κ2) is 8.22. The highest BCUT2D eigenvalue weighted by atomic mass is 32.1. The van der Waals surface area contributed by atoms with Gasteiger partial charge in [0.2, 0.25) is 0 Å². The third-order valence-corrected chi connectivity index (χ3v) is 4.66. The van der Waals surface area contributed by atoms with Crippen molar-refractivity contribution in [3.63, 3.8) is 0 Å². The van der Waals surface area contributed by atoms with Gasteiger partial charge in [-0.25, -0.2) is 4.98 Å². The normalized spacial score (nSPS) is 12.7. The van der Waals surface area contributed by atoms with E-state index in [0.717, 1.165) is 19.4 Å². The molecule has 1 heterocycles. The molecule has 0 aliphatic heterocycles. The highest BCUT2D eigenvalue weighted by Crippen LogP contribution is 2.25. The highest BCUT2D eigenvalue weighted by molar-refractivity contribution is 7.18. The molecule has 0 aliphatic rings. The minimum atomic E-state index is -0.123. The first-order valence-electron chi connectivity index (χ1n) is 7.69. The summed E-state index contributed by atoms with van der Waals surface area (Å²) in [6, 6.07) is 0.140. The number of nitrogens with two attached hydrogens (primary N) is 1. The van der Waals surface area contributed by atoms with Crippen LogP contribution >= 0.6 is 11.3 Å². The van der Waals surface area contributed by atoms with Crippen molar-refractivity contribution in [3.8, 4) is 0 Å². The molecule has 5 nitrogen and oxygen atoms in total.